The Morgan fingerprint density at radius 2 is 2.45 bits per heavy atom. The van der Waals surface area contributed by atoms with Gasteiger partial charge in [-0.1, -0.05) is 13.3 Å². The first-order valence-electron chi connectivity index (χ1n) is 4.07. The molecule has 3 nitrogen and oxygen atoms in total. The molecule has 1 N–H and O–H groups in total. The largest absolute Gasteiger partial charge is 0.364 e. The number of carbonyl (C=O) groups is 1. The summed E-state index contributed by atoms with van der Waals surface area (Å²) in [6, 6.07) is 0. The highest BCUT2D eigenvalue weighted by Gasteiger charge is 2.29. The molecule has 0 saturated carbocycles. The zero-order valence-electron chi connectivity index (χ0n) is 7.14. The second kappa shape index (κ2) is 3.22. The minimum absolute atomic E-state index is 0.00132. The highest BCUT2D eigenvalue weighted by atomic mass is 16.5. The molecule has 0 aliphatic carbocycles. The topological polar surface area (TPSA) is 38.3 Å². The van der Waals surface area contributed by atoms with E-state index < -0.39 is 0 Å². The molecular formula is C8H15NO2. The zero-order chi connectivity index (χ0) is 8.32. The Kier molecular flexibility index (Phi) is 2.49. The summed E-state index contributed by atoms with van der Waals surface area (Å²) in [6.07, 6.45) is 2.10. The molecule has 0 aromatic heterocycles. The first-order chi connectivity index (χ1) is 5.16. The van der Waals surface area contributed by atoms with Crippen molar-refractivity contribution in [2.75, 3.05) is 13.2 Å². The van der Waals surface area contributed by atoms with E-state index >= 15 is 0 Å². The van der Waals surface area contributed by atoms with Crippen molar-refractivity contribution in [3.63, 3.8) is 0 Å². The molecular weight excluding hydrogens is 142 g/mol. The van der Waals surface area contributed by atoms with Crippen molar-refractivity contribution >= 4 is 5.91 Å². The minimum atomic E-state index is -0.122. The normalized spacial score (nSPS) is 31.6. The SMILES string of the molecule is CCCC1(C)CNC(=O)CO1. The van der Waals surface area contributed by atoms with Crippen molar-refractivity contribution in [2.45, 2.75) is 32.3 Å². The van der Waals surface area contributed by atoms with Crippen LogP contribution >= 0.6 is 0 Å². The molecule has 1 aliphatic heterocycles. The second-order valence-electron chi connectivity index (χ2n) is 3.27. The lowest BCUT2D eigenvalue weighted by Crippen LogP contribution is -2.50. The monoisotopic (exact) mass is 157 g/mol. The maximum atomic E-state index is 10.7. The Balaban J connectivity index is 2.41. The molecule has 0 aromatic rings. The number of rotatable bonds is 2. The average Bonchev–Trinajstić information content (AvgIpc) is 1.97. The molecule has 0 aromatic carbocycles. The summed E-state index contributed by atoms with van der Waals surface area (Å²) >= 11 is 0. The Labute approximate surface area is 67.1 Å². The van der Waals surface area contributed by atoms with E-state index in [1.54, 1.807) is 0 Å². The fourth-order valence-electron chi connectivity index (χ4n) is 1.32. The van der Waals surface area contributed by atoms with Crippen LogP contribution in [0.4, 0.5) is 0 Å². The van der Waals surface area contributed by atoms with Gasteiger partial charge in [-0.25, -0.2) is 0 Å². The highest BCUT2D eigenvalue weighted by molar-refractivity contribution is 5.77. The predicted octanol–water partition coefficient (Wildman–Crippen LogP) is 0.692. The fourth-order valence-corrected chi connectivity index (χ4v) is 1.32. The van der Waals surface area contributed by atoms with E-state index in [0.717, 1.165) is 12.8 Å². The Hall–Kier alpha value is -0.570. The lowest BCUT2D eigenvalue weighted by atomic mass is 9.99. The summed E-state index contributed by atoms with van der Waals surface area (Å²) in [5.74, 6) is -0.00132. The number of carbonyl (C=O) groups excluding carboxylic acids is 1. The lowest BCUT2D eigenvalue weighted by molar-refractivity contribution is -0.142. The van der Waals surface area contributed by atoms with E-state index in [1.807, 2.05) is 6.92 Å². The molecule has 1 amide bonds. The molecule has 0 spiro atoms. The number of ether oxygens (including phenoxy) is 1. The van der Waals surface area contributed by atoms with Gasteiger partial charge in [-0.2, -0.15) is 0 Å². The second-order valence-corrected chi connectivity index (χ2v) is 3.27. The summed E-state index contributed by atoms with van der Waals surface area (Å²) in [5.41, 5.74) is -0.122. The Morgan fingerprint density at radius 3 is 2.91 bits per heavy atom. The van der Waals surface area contributed by atoms with E-state index in [2.05, 4.69) is 12.2 Å². The van der Waals surface area contributed by atoms with Crippen LogP contribution in [0.1, 0.15) is 26.7 Å². The minimum Gasteiger partial charge on any atom is -0.364 e. The van der Waals surface area contributed by atoms with Crippen LogP contribution < -0.4 is 5.32 Å². The van der Waals surface area contributed by atoms with Crippen molar-refractivity contribution in [3.8, 4) is 0 Å². The molecule has 1 rings (SSSR count). The first-order valence-corrected chi connectivity index (χ1v) is 4.07. The van der Waals surface area contributed by atoms with E-state index in [4.69, 9.17) is 4.74 Å². The van der Waals surface area contributed by atoms with Gasteiger partial charge in [0, 0.05) is 6.54 Å². The van der Waals surface area contributed by atoms with Gasteiger partial charge in [-0.3, -0.25) is 4.79 Å². The number of amides is 1. The van der Waals surface area contributed by atoms with Gasteiger partial charge in [0.2, 0.25) is 5.91 Å². The van der Waals surface area contributed by atoms with Crippen LogP contribution in [0.2, 0.25) is 0 Å². The Morgan fingerprint density at radius 1 is 1.73 bits per heavy atom. The van der Waals surface area contributed by atoms with Crippen LogP contribution in [0.25, 0.3) is 0 Å². The molecule has 1 saturated heterocycles. The summed E-state index contributed by atoms with van der Waals surface area (Å²) in [4.78, 5) is 10.7. The third-order valence-electron chi connectivity index (χ3n) is 1.99. The fraction of sp³-hybridized carbons (Fsp3) is 0.875. The standard InChI is InChI=1S/C8H15NO2/c1-3-4-8(2)6-9-7(10)5-11-8/h3-6H2,1-2H3,(H,9,10). The van der Waals surface area contributed by atoms with E-state index in [-0.39, 0.29) is 18.1 Å². The molecule has 0 radical (unpaired) electrons. The van der Waals surface area contributed by atoms with E-state index in [0.29, 0.717) is 6.54 Å². The van der Waals surface area contributed by atoms with E-state index in [1.165, 1.54) is 0 Å². The molecule has 3 heteroatoms. The predicted molar refractivity (Wildman–Crippen MR) is 42.3 cm³/mol. The van der Waals surface area contributed by atoms with Crippen LogP contribution in [0.3, 0.4) is 0 Å². The van der Waals surface area contributed by atoms with Gasteiger partial charge in [0.15, 0.2) is 0 Å². The van der Waals surface area contributed by atoms with Crippen LogP contribution in [-0.2, 0) is 9.53 Å². The molecule has 1 unspecified atom stereocenters. The van der Waals surface area contributed by atoms with Crippen molar-refractivity contribution in [1.29, 1.82) is 0 Å². The van der Waals surface area contributed by atoms with Crippen molar-refractivity contribution in [2.24, 2.45) is 0 Å². The lowest BCUT2D eigenvalue weighted by Gasteiger charge is -2.33. The summed E-state index contributed by atoms with van der Waals surface area (Å²) in [5, 5.41) is 2.79. The zero-order valence-corrected chi connectivity index (χ0v) is 7.14. The van der Waals surface area contributed by atoms with Crippen LogP contribution in [0.15, 0.2) is 0 Å². The van der Waals surface area contributed by atoms with Gasteiger partial charge in [-0.15, -0.1) is 0 Å². The molecule has 0 bridgehead atoms. The van der Waals surface area contributed by atoms with Crippen LogP contribution in [-0.4, -0.2) is 24.7 Å². The quantitative estimate of drug-likeness (QED) is 0.640. The van der Waals surface area contributed by atoms with Gasteiger partial charge in [-0.05, 0) is 13.3 Å². The number of hydrogen-bond donors (Lipinski definition) is 1. The van der Waals surface area contributed by atoms with Crippen molar-refractivity contribution < 1.29 is 9.53 Å². The third-order valence-corrected chi connectivity index (χ3v) is 1.99. The van der Waals surface area contributed by atoms with Crippen LogP contribution in [0.5, 0.6) is 0 Å². The number of nitrogens with one attached hydrogen (secondary N) is 1. The number of morpholine rings is 1. The molecule has 11 heavy (non-hydrogen) atoms. The van der Waals surface area contributed by atoms with Crippen molar-refractivity contribution in [3.05, 3.63) is 0 Å². The van der Waals surface area contributed by atoms with Gasteiger partial charge < -0.3 is 10.1 Å². The van der Waals surface area contributed by atoms with Gasteiger partial charge in [0.1, 0.15) is 6.61 Å². The van der Waals surface area contributed by atoms with Gasteiger partial charge in [0.25, 0.3) is 0 Å². The molecule has 64 valence electrons. The highest BCUT2D eigenvalue weighted by Crippen LogP contribution is 2.18. The van der Waals surface area contributed by atoms with Gasteiger partial charge in [0.05, 0.1) is 5.60 Å². The summed E-state index contributed by atoms with van der Waals surface area (Å²) in [6.45, 7) is 5.02. The molecule has 1 atom stereocenters. The molecule has 1 fully saturated rings. The van der Waals surface area contributed by atoms with Crippen molar-refractivity contribution in [1.82, 2.24) is 5.32 Å². The Bertz CT molecular complexity index is 146. The molecule has 1 aliphatic rings. The smallest absolute Gasteiger partial charge is 0.246 e. The number of hydrogen-bond acceptors (Lipinski definition) is 2. The summed E-state index contributed by atoms with van der Waals surface area (Å²) in [7, 11) is 0. The third kappa shape index (κ3) is 2.19. The van der Waals surface area contributed by atoms with Gasteiger partial charge >= 0.3 is 0 Å². The summed E-state index contributed by atoms with van der Waals surface area (Å²) < 4.78 is 5.41. The molecule has 1 heterocycles. The maximum absolute atomic E-state index is 10.7. The average molecular weight is 157 g/mol. The first kappa shape index (κ1) is 8.53. The maximum Gasteiger partial charge on any atom is 0.246 e. The van der Waals surface area contributed by atoms with Crippen LogP contribution in [0, 0.1) is 0 Å². The van der Waals surface area contributed by atoms with E-state index in [9.17, 15) is 4.79 Å².